The molecule has 2 heteroatoms. The average molecular weight is 240 g/mol. The zero-order valence-electron chi connectivity index (χ0n) is 11.8. The molecular weight excluding hydrogens is 220 g/mol. The third-order valence-electron chi connectivity index (χ3n) is 3.01. The highest BCUT2D eigenvalue weighted by Crippen LogP contribution is 2.24. The molecule has 0 amide bonds. The van der Waals surface area contributed by atoms with Gasteiger partial charge in [-0.1, -0.05) is 26.8 Å². The van der Waals surface area contributed by atoms with Crippen LogP contribution in [-0.4, -0.2) is 9.97 Å². The quantitative estimate of drug-likeness (QED) is 0.751. The Morgan fingerprint density at radius 1 is 0.944 bits per heavy atom. The van der Waals surface area contributed by atoms with Crippen molar-refractivity contribution in [2.45, 2.75) is 40.0 Å². The van der Waals surface area contributed by atoms with E-state index in [4.69, 9.17) is 0 Å². The molecule has 0 fully saturated rings. The van der Waals surface area contributed by atoms with Gasteiger partial charge >= 0.3 is 0 Å². The fraction of sp³-hybridized carbons (Fsp3) is 0.375. The molecular formula is C16H20N2. The summed E-state index contributed by atoms with van der Waals surface area (Å²) < 4.78 is 0. The molecule has 2 rings (SSSR count). The van der Waals surface area contributed by atoms with Crippen LogP contribution < -0.4 is 0 Å². The summed E-state index contributed by atoms with van der Waals surface area (Å²) in [5.41, 5.74) is 5.62. The number of rotatable bonds is 1. The lowest BCUT2D eigenvalue weighted by molar-refractivity contribution is 0.587. The van der Waals surface area contributed by atoms with Gasteiger partial charge in [-0.2, -0.15) is 0 Å². The highest BCUT2D eigenvalue weighted by Gasteiger charge is 2.13. The SMILES string of the molecule is Cc1cc(-c2ccc(C(C)(C)C)cn2)cc(C)n1. The summed E-state index contributed by atoms with van der Waals surface area (Å²) in [5.74, 6) is 0. The van der Waals surface area contributed by atoms with E-state index < -0.39 is 0 Å². The van der Waals surface area contributed by atoms with Crippen molar-refractivity contribution >= 4 is 0 Å². The van der Waals surface area contributed by atoms with Crippen molar-refractivity contribution in [3.05, 3.63) is 47.4 Å². The molecule has 2 heterocycles. The molecule has 0 unspecified atom stereocenters. The number of pyridine rings is 2. The molecule has 0 aromatic carbocycles. The first-order valence-electron chi connectivity index (χ1n) is 6.28. The van der Waals surface area contributed by atoms with Gasteiger partial charge < -0.3 is 0 Å². The lowest BCUT2D eigenvalue weighted by Gasteiger charge is -2.18. The van der Waals surface area contributed by atoms with Crippen LogP contribution in [0.3, 0.4) is 0 Å². The average Bonchev–Trinajstić information content (AvgIpc) is 2.27. The van der Waals surface area contributed by atoms with Crippen molar-refractivity contribution in [2.24, 2.45) is 0 Å². The molecule has 0 N–H and O–H groups in total. The zero-order valence-corrected chi connectivity index (χ0v) is 11.8. The molecule has 0 bridgehead atoms. The fourth-order valence-corrected chi connectivity index (χ4v) is 1.99. The van der Waals surface area contributed by atoms with Crippen molar-refractivity contribution in [3.63, 3.8) is 0 Å². The molecule has 2 nitrogen and oxygen atoms in total. The van der Waals surface area contributed by atoms with Crippen LogP contribution in [0.15, 0.2) is 30.5 Å². The van der Waals surface area contributed by atoms with Gasteiger partial charge in [-0.05, 0) is 43.0 Å². The van der Waals surface area contributed by atoms with Gasteiger partial charge in [-0.15, -0.1) is 0 Å². The number of aryl methyl sites for hydroxylation is 2. The standard InChI is InChI=1S/C16H20N2/c1-11-8-13(9-12(2)18-11)15-7-6-14(10-17-15)16(3,4)5/h6-10H,1-5H3. The van der Waals surface area contributed by atoms with Crippen molar-refractivity contribution in [1.29, 1.82) is 0 Å². The highest BCUT2D eigenvalue weighted by atomic mass is 14.7. The summed E-state index contributed by atoms with van der Waals surface area (Å²) in [5, 5.41) is 0. The van der Waals surface area contributed by atoms with E-state index >= 15 is 0 Å². The van der Waals surface area contributed by atoms with E-state index in [1.807, 2.05) is 20.0 Å². The van der Waals surface area contributed by atoms with E-state index in [-0.39, 0.29) is 5.41 Å². The minimum atomic E-state index is 0.148. The van der Waals surface area contributed by atoms with Gasteiger partial charge in [0.25, 0.3) is 0 Å². The Hall–Kier alpha value is -1.70. The van der Waals surface area contributed by atoms with Gasteiger partial charge in [0.2, 0.25) is 0 Å². The summed E-state index contributed by atoms with van der Waals surface area (Å²) >= 11 is 0. The third-order valence-corrected chi connectivity index (χ3v) is 3.01. The van der Waals surface area contributed by atoms with Gasteiger partial charge in [-0.3, -0.25) is 9.97 Å². The van der Waals surface area contributed by atoms with Gasteiger partial charge in [0, 0.05) is 23.1 Å². The van der Waals surface area contributed by atoms with Crippen LogP contribution >= 0.6 is 0 Å². The third kappa shape index (κ3) is 2.76. The van der Waals surface area contributed by atoms with Gasteiger partial charge in [0.15, 0.2) is 0 Å². The van der Waals surface area contributed by atoms with Crippen molar-refractivity contribution in [2.75, 3.05) is 0 Å². The van der Waals surface area contributed by atoms with E-state index in [9.17, 15) is 0 Å². The minimum Gasteiger partial charge on any atom is -0.258 e. The molecule has 0 atom stereocenters. The Balaban J connectivity index is 2.40. The van der Waals surface area contributed by atoms with Gasteiger partial charge in [-0.25, -0.2) is 0 Å². The summed E-state index contributed by atoms with van der Waals surface area (Å²) in [6.45, 7) is 10.6. The first-order valence-corrected chi connectivity index (χ1v) is 6.28. The normalized spacial score (nSPS) is 11.6. The Morgan fingerprint density at radius 3 is 2.00 bits per heavy atom. The smallest absolute Gasteiger partial charge is 0.0703 e. The van der Waals surface area contributed by atoms with E-state index in [1.54, 1.807) is 0 Å². The molecule has 0 aliphatic carbocycles. The van der Waals surface area contributed by atoms with Crippen LogP contribution in [0.2, 0.25) is 0 Å². The van der Waals surface area contributed by atoms with Crippen LogP contribution in [0.25, 0.3) is 11.3 Å². The Morgan fingerprint density at radius 2 is 1.56 bits per heavy atom. The van der Waals surface area contributed by atoms with Crippen LogP contribution in [0, 0.1) is 13.8 Å². The maximum absolute atomic E-state index is 4.57. The molecule has 0 aliphatic rings. The zero-order chi connectivity index (χ0) is 13.3. The van der Waals surface area contributed by atoms with Gasteiger partial charge in [0.05, 0.1) is 5.69 Å². The van der Waals surface area contributed by atoms with Crippen LogP contribution in [0.5, 0.6) is 0 Å². The molecule has 2 aromatic heterocycles. The van der Waals surface area contributed by atoms with Crippen molar-refractivity contribution in [1.82, 2.24) is 9.97 Å². The molecule has 2 aromatic rings. The summed E-state index contributed by atoms with van der Waals surface area (Å²) in [6, 6.07) is 8.40. The number of hydrogen-bond donors (Lipinski definition) is 0. The Bertz CT molecular complexity index is 528. The molecule has 0 aliphatic heterocycles. The van der Waals surface area contributed by atoms with Crippen LogP contribution in [0.4, 0.5) is 0 Å². The predicted molar refractivity (Wildman–Crippen MR) is 75.6 cm³/mol. The molecule has 94 valence electrons. The first kappa shape index (κ1) is 12.7. The first-order chi connectivity index (χ1) is 8.36. The Labute approximate surface area is 109 Å². The Kier molecular flexibility index (Phi) is 3.20. The fourth-order valence-electron chi connectivity index (χ4n) is 1.99. The number of hydrogen-bond acceptors (Lipinski definition) is 2. The molecule has 0 spiro atoms. The van der Waals surface area contributed by atoms with Crippen LogP contribution in [0.1, 0.15) is 37.7 Å². The predicted octanol–water partition coefficient (Wildman–Crippen LogP) is 4.06. The van der Waals surface area contributed by atoms with E-state index in [2.05, 4.69) is 55.0 Å². The summed E-state index contributed by atoms with van der Waals surface area (Å²) in [7, 11) is 0. The monoisotopic (exact) mass is 240 g/mol. The lowest BCUT2D eigenvalue weighted by atomic mass is 9.88. The van der Waals surface area contributed by atoms with Crippen molar-refractivity contribution < 1.29 is 0 Å². The van der Waals surface area contributed by atoms with Crippen molar-refractivity contribution in [3.8, 4) is 11.3 Å². The topological polar surface area (TPSA) is 25.8 Å². The van der Waals surface area contributed by atoms with E-state index in [0.717, 1.165) is 22.6 Å². The number of aromatic nitrogens is 2. The molecule has 0 radical (unpaired) electrons. The minimum absolute atomic E-state index is 0.148. The highest BCUT2D eigenvalue weighted by molar-refractivity contribution is 5.60. The maximum atomic E-state index is 4.57. The lowest BCUT2D eigenvalue weighted by Crippen LogP contribution is -2.11. The summed E-state index contributed by atoms with van der Waals surface area (Å²) in [4.78, 5) is 8.96. The van der Waals surface area contributed by atoms with Gasteiger partial charge in [0.1, 0.15) is 0 Å². The number of nitrogens with zero attached hydrogens (tertiary/aromatic N) is 2. The molecule has 0 saturated heterocycles. The second-order valence-electron chi connectivity index (χ2n) is 5.82. The second-order valence-corrected chi connectivity index (χ2v) is 5.82. The van der Waals surface area contributed by atoms with Crippen LogP contribution in [-0.2, 0) is 5.41 Å². The maximum Gasteiger partial charge on any atom is 0.0703 e. The van der Waals surface area contributed by atoms with E-state index in [1.165, 1.54) is 5.56 Å². The van der Waals surface area contributed by atoms with E-state index in [0.29, 0.717) is 0 Å². The second kappa shape index (κ2) is 4.52. The largest absolute Gasteiger partial charge is 0.258 e. The summed E-state index contributed by atoms with van der Waals surface area (Å²) in [6.07, 6.45) is 1.97. The molecule has 18 heavy (non-hydrogen) atoms. The molecule has 0 saturated carbocycles.